The zero-order chi connectivity index (χ0) is 12.3. The third kappa shape index (κ3) is 3.49. The van der Waals surface area contributed by atoms with Crippen LogP contribution in [0.5, 0.6) is 0 Å². The smallest absolute Gasteiger partial charge is 0.164 e. The maximum absolute atomic E-state index is 12.2. The normalized spacial score (nSPS) is 17.1. The van der Waals surface area contributed by atoms with Gasteiger partial charge in [0, 0.05) is 12.0 Å². The average Bonchev–Trinajstić information content (AvgIpc) is 2.30. The predicted molar refractivity (Wildman–Crippen MR) is 75.2 cm³/mol. The Morgan fingerprint density at radius 3 is 2.76 bits per heavy atom. The zero-order valence-corrected chi connectivity index (χ0v) is 11.6. The number of halogens is 1. The van der Waals surface area contributed by atoms with Crippen molar-refractivity contribution < 1.29 is 4.79 Å². The summed E-state index contributed by atoms with van der Waals surface area (Å²) in [6.45, 7) is 1.98. The minimum atomic E-state index is 0.201. The van der Waals surface area contributed by atoms with E-state index in [0.29, 0.717) is 22.9 Å². The van der Waals surface area contributed by atoms with Gasteiger partial charge in [-0.1, -0.05) is 17.7 Å². The standard InChI is InChI=1S/C14H17ClOS/c1-10-2-3-12(13(15)8-10)14(16)9-11-4-6-17-7-5-11/h2-3,8,11H,4-7,9H2,1H3. The molecule has 1 saturated heterocycles. The lowest BCUT2D eigenvalue weighted by Crippen LogP contribution is -2.14. The van der Waals surface area contributed by atoms with Crippen LogP contribution in [0.15, 0.2) is 18.2 Å². The molecule has 0 bridgehead atoms. The van der Waals surface area contributed by atoms with Crippen molar-refractivity contribution in [2.45, 2.75) is 26.2 Å². The molecule has 3 heteroatoms. The second kappa shape index (κ2) is 5.92. The van der Waals surface area contributed by atoms with Gasteiger partial charge in [-0.15, -0.1) is 0 Å². The van der Waals surface area contributed by atoms with Crippen LogP contribution >= 0.6 is 23.4 Å². The number of benzene rings is 1. The van der Waals surface area contributed by atoms with Gasteiger partial charge < -0.3 is 0 Å². The minimum absolute atomic E-state index is 0.201. The van der Waals surface area contributed by atoms with Gasteiger partial charge in [0.1, 0.15) is 0 Å². The van der Waals surface area contributed by atoms with E-state index in [1.807, 2.05) is 36.9 Å². The number of hydrogen-bond acceptors (Lipinski definition) is 2. The molecule has 1 aromatic rings. The first kappa shape index (κ1) is 13.0. The molecule has 1 aromatic carbocycles. The first-order valence-electron chi connectivity index (χ1n) is 6.04. The van der Waals surface area contributed by atoms with Gasteiger partial charge in [0.15, 0.2) is 5.78 Å². The highest BCUT2D eigenvalue weighted by atomic mass is 35.5. The molecule has 0 aliphatic carbocycles. The second-order valence-corrected chi connectivity index (χ2v) is 6.30. The lowest BCUT2D eigenvalue weighted by Gasteiger charge is -2.20. The van der Waals surface area contributed by atoms with Crippen LogP contribution in [-0.2, 0) is 0 Å². The Bertz CT molecular complexity index is 411. The summed E-state index contributed by atoms with van der Waals surface area (Å²) >= 11 is 8.11. The molecule has 17 heavy (non-hydrogen) atoms. The molecule has 92 valence electrons. The topological polar surface area (TPSA) is 17.1 Å². The third-order valence-corrected chi connectivity index (χ3v) is 4.60. The largest absolute Gasteiger partial charge is 0.294 e. The van der Waals surface area contributed by atoms with Gasteiger partial charge >= 0.3 is 0 Å². The molecular formula is C14H17ClOS. The summed E-state index contributed by atoms with van der Waals surface area (Å²) in [5.74, 6) is 3.15. The van der Waals surface area contributed by atoms with Gasteiger partial charge in [0.05, 0.1) is 5.02 Å². The molecule has 1 aliphatic rings. The van der Waals surface area contributed by atoms with E-state index in [0.717, 1.165) is 5.56 Å². The SMILES string of the molecule is Cc1ccc(C(=O)CC2CCSCC2)c(Cl)c1. The van der Waals surface area contributed by atoms with Gasteiger partial charge in [-0.2, -0.15) is 11.8 Å². The number of aryl methyl sites for hydroxylation is 1. The van der Waals surface area contributed by atoms with Gasteiger partial charge in [-0.05, 0) is 54.9 Å². The van der Waals surface area contributed by atoms with Crippen LogP contribution in [0.25, 0.3) is 0 Å². The highest BCUT2D eigenvalue weighted by Crippen LogP contribution is 2.28. The molecule has 1 fully saturated rings. The molecule has 0 aromatic heterocycles. The molecule has 1 heterocycles. The Labute approximate surface area is 112 Å². The first-order valence-corrected chi connectivity index (χ1v) is 7.57. The zero-order valence-electron chi connectivity index (χ0n) is 10.0. The molecule has 1 nitrogen and oxygen atoms in total. The fourth-order valence-corrected chi connectivity index (χ4v) is 3.71. The van der Waals surface area contributed by atoms with Crippen LogP contribution in [0.1, 0.15) is 35.2 Å². The Kier molecular flexibility index (Phi) is 4.52. The first-order chi connectivity index (χ1) is 8.16. The Hall–Kier alpha value is -0.470. The number of carbonyl (C=O) groups excluding carboxylic acids is 1. The van der Waals surface area contributed by atoms with E-state index in [2.05, 4.69) is 0 Å². The van der Waals surface area contributed by atoms with Gasteiger partial charge in [-0.25, -0.2) is 0 Å². The number of ketones is 1. The van der Waals surface area contributed by atoms with Crippen molar-refractivity contribution in [1.82, 2.24) is 0 Å². The van der Waals surface area contributed by atoms with E-state index in [1.54, 1.807) is 0 Å². The van der Waals surface area contributed by atoms with E-state index in [1.165, 1.54) is 24.3 Å². The van der Waals surface area contributed by atoms with Gasteiger partial charge in [0.25, 0.3) is 0 Å². The Morgan fingerprint density at radius 1 is 1.41 bits per heavy atom. The highest BCUT2D eigenvalue weighted by molar-refractivity contribution is 7.99. The Morgan fingerprint density at radius 2 is 2.12 bits per heavy atom. The summed E-state index contributed by atoms with van der Waals surface area (Å²) in [4.78, 5) is 12.2. The maximum Gasteiger partial charge on any atom is 0.164 e. The summed E-state index contributed by atoms with van der Waals surface area (Å²) in [5, 5.41) is 0.597. The number of hydrogen-bond donors (Lipinski definition) is 0. The van der Waals surface area contributed by atoms with E-state index in [9.17, 15) is 4.79 Å². The number of rotatable bonds is 3. The summed E-state index contributed by atoms with van der Waals surface area (Å²) in [6.07, 6.45) is 2.99. The van der Waals surface area contributed by atoms with Crippen molar-refractivity contribution in [3.63, 3.8) is 0 Å². The summed E-state index contributed by atoms with van der Waals surface area (Å²) in [5.41, 5.74) is 1.79. The molecule has 2 rings (SSSR count). The van der Waals surface area contributed by atoms with E-state index < -0.39 is 0 Å². The molecule has 0 radical (unpaired) electrons. The van der Waals surface area contributed by atoms with Crippen molar-refractivity contribution in [1.29, 1.82) is 0 Å². The van der Waals surface area contributed by atoms with Crippen molar-refractivity contribution in [2.24, 2.45) is 5.92 Å². The van der Waals surface area contributed by atoms with Crippen molar-refractivity contribution in [3.05, 3.63) is 34.3 Å². The van der Waals surface area contributed by atoms with Crippen molar-refractivity contribution in [2.75, 3.05) is 11.5 Å². The summed E-state index contributed by atoms with van der Waals surface area (Å²) < 4.78 is 0. The maximum atomic E-state index is 12.2. The average molecular weight is 269 g/mol. The lowest BCUT2D eigenvalue weighted by molar-refractivity contribution is 0.0959. The van der Waals surface area contributed by atoms with Gasteiger partial charge in [0.2, 0.25) is 0 Å². The summed E-state index contributed by atoms with van der Waals surface area (Å²) in [7, 11) is 0. The second-order valence-electron chi connectivity index (χ2n) is 4.67. The fraction of sp³-hybridized carbons (Fsp3) is 0.500. The molecule has 0 N–H and O–H groups in total. The molecule has 0 spiro atoms. The molecule has 0 unspecified atom stereocenters. The van der Waals surface area contributed by atoms with Crippen LogP contribution in [-0.4, -0.2) is 17.3 Å². The van der Waals surface area contributed by atoms with Crippen LogP contribution < -0.4 is 0 Å². The van der Waals surface area contributed by atoms with E-state index in [-0.39, 0.29) is 5.78 Å². The van der Waals surface area contributed by atoms with Crippen LogP contribution in [0, 0.1) is 12.8 Å². The van der Waals surface area contributed by atoms with Crippen molar-refractivity contribution >= 4 is 29.1 Å². The van der Waals surface area contributed by atoms with Gasteiger partial charge in [-0.3, -0.25) is 4.79 Å². The van der Waals surface area contributed by atoms with Crippen LogP contribution in [0.4, 0.5) is 0 Å². The van der Waals surface area contributed by atoms with E-state index in [4.69, 9.17) is 11.6 Å². The van der Waals surface area contributed by atoms with Crippen LogP contribution in [0.2, 0.25) is 5.02 Å². The molecule has 0 amide bonds. The molecular weight excluding hydrogens is 252 g/mol. The number of thioether (sulfide) groups is 1. The van der Waals surface area contributed by atoms with Crippen molar-refractivity contribution in [3.8, 4) is 0 Å². The fourth-order valence-electron chi connectivity index (χ4n) is 2.17. The predicted octanol–water partition coefficient (Wildman–Crippen LogP) is 4.36. The molecule has 0 atom stereocenters. The number of Topliss-reactive ketones (excluding diaryl/α,β-unsaturated/α-hetero) is 1. The third-order valence-electron chi connectivity index (χ3n) is 3.24. The quantitative estimate of drug-likeness (QED) is 0.758. The Balaban J connectivity index is 2.03. The lowest BCUT2D eigenvalue weighted by atomic mass is 9.93. The summed E-state index contributed by atoms with van der Waals surface area (Å²) in [6, 6.07) is 5.68. The number of carbonyl (C=O) groups is 1. The van der Waals surface area contributed by atoms with E-state index >= 15 is 0 Å². The molecule has 1 aliphatic heterocycles. The molecule has 0 saturated carbocycles. The minimum Gasteiger partial charge on any atom is -0.294 e. The highest BCUT2D eigenvalue weighted by Gasteiger charge is 2.19. The monoisotopic (exact) mass is 268 g/mol. The van der Waals surface area contributed by atoms with Crippen LogP contribution in [0.3, 0.4) is 0 Å².